The maximum absolute atomic E-state index is 13.1. The Morgan fingerprint density at radius 3 is 2.48 bits per heavy atom. The molecule has 1 aliphatic heterocycles. The van der Waals surface area contributed by atoms with Crippen molar-refractivity contribution in [2.24, 2.45) is 0 Å². The number of fused-ring (bicyclic) bond motifs is 3. The molecular weight excluding hydrogens is 421 g/mol. The molecule has 0 unspecified atom stereocenters. The highest BCUT2D eigenvalue weighted by atomic mass is 19.1. The molecule has 0 bridgehead atoms. The molecule has 3 N–H and O–H groups in total. The van der Waals surface area contributed by atoms with Gasteiger partial charge in [0.15, 0.2) is 0 Å². The molecular formula is C25H20FN5O2. The zero-order valence-electron chi connectivity index (χ0n) is 17.6. The summed E-state index contributed by atoms with van der Waals surface area (Å²) in [4.78, 5) is 20.5. The second kappa shape index (κ2) is 7.90. The summed E-state index contributed by atoms with van der Waals surface area (Å²) >= 11 is 0. The first-order chi connectivity index (χ1) is 16.0. The van der Waals surface area contributed by atoms with Gasteiger partial charge in [0.05, 0.1) is 17.1 Å². The number of halogens is 1. The van der Waals surface area contributed by atoms with Crippen molar-refractivity contribution in [3.8, 4) is 22.6 Å². The highest BCUT2D eigenvalue weighted by molar-refractivity contribution is 6.07. The van der Waals surface area contributed by atoms with Crippen molar-refractivity contribution in [2.45, 2.75) is 12.6 Å². The van der Waals surface area contributed by atoms with Gasteiger partial charge in [-0.25, -0.2) is 14.4 Å². The highest BCUT2D eigenvalue weighted by Crippen LogP contribution is 2.44. The summed E-state index contributed by atoms with van der Waals surface area (Å²) in [5, 5.41) is 3.64. The van der Waals surface area contributed by atoms with Gasteiger partial charge in [0, 0.05) is 12.1 Å². The zero-order valence-corrected chi connectivity index (χ0v) is 17.6. The number of carbonyl (C=O) groups excluding carboxylic acids is 1. The van der Waals surface area contributed by atoms with E-state index in [4.69, 9.17) is 10.5 Å². The van der Waals surface area contributed by atoms with E-state index >= 15 is 0 Å². The molecule has 1 amide bonds. The molecule has 0 spiro atoms. The summed E-state index contributed by atoms with van der Waals surface area (Å²) in [6.45, 7) is 8.24. The van der Waals surface area contributed by atoms with E-state index in [0.29, 0.717) is 29.5 Å². The van der Waals surface area contributed by atoms with Gasteiger partial charge in [0.2, 0.25) is 5.91 Å². The Hall–Kier alpha value is -4.46. The average Bonchev–Trinajstić information content (AvgIpc) is 3.31. The SMILES string of the molecule is C=CC(=O)N[C@@H]1Cn2c(c(-c3ccc(Oc4ccc(F)cc4)cc3)c3c(N)ncnc32)C1=C. The van der Waals surface area contributed by atoms with Gasteiger partial charge in [-0.15, -0.1) is 0 Å². The lowest BCUT2D eigenvalue weighted by molar-refractivity contribution is -0.116. The van der Waals surface area contributed by atoms with E-state index in [1.54, 1.807) is 12.1 Å². The molecule has 0 aliphatic carbocycles. The summed E-state index contributed by atoms with van der Waals surface area (Å²) < 4.78 is 21.0. The number of hydrogen-bond donors (Lipinski definition) is 2. The molecule has 0 fully saturated rings. The molecule has 5 rings (SSSR count). The summed E-state index contributed by atoms with van der Waals surface area (Å²) in [5.41, 5.74) is 10.2. The molecule has 2 aromatic carbocycles. The van der Waals surface area contributed by atoms with E-state index < -0.39 is 0 Å². The molecule has 1 atom stereocenters. The van der Waals surface area contributed by atoms with E-state index in [9.17, 15) is 9.18 Å². The van der Waals surface area contributed by atoms with E-state index in [2.05, 4.69) is 28.4 Å². The summed E-state index contributed by atoms with van der Waals surface area (Å²) in [5.74, 6) is 0.905. The number of ether oxygens (including phenoxy) is 1. The Balaban J connectivity index is 1.56. The first-order valence-electron chi connectivity index (χ1n) is 10.2. The van der Waals surface area contributed by atoms with Gasteiger partial charge in [0.1, 0.15) is 35.1 Å². The van der Waals surface area contributed by atoms with Crippen molar-refractivity contribution in [1.29, 1.82) is 0 Å². The minimum absolute atomic E-state index is 0.269. The first kappa shape index (κ1) is 20.4. The smallest absolute Gasteiger partial charge is 0.243 e. The fourth-order valence-corrected chi connectivity index (χ4v) is 4.14. The quantitative estimate of drug-likeness (QED) is 0.450. The number of amides is 1. The number of hydrogen-bond acceptors (Lipinski definition) is 5. The molecule has 1 aliphatic rings. The summed E-state index contributed by atoms with van der Waals surface area (Å²) in [6, 6.07) is 13.0. The van der Waals surface area contributed by atoms with Crippen LogP contribution >= 0.6 is 0 Å². The third kappa shape index (κ3) is 3.51. The highest BCUT2D eigenvalue weighted by Gasteiger charge is 2.33. The lowest BCUT2D eigenvalue weighted by Crippen LogP contribution is -2.33. The number of nitrogens with two attached hydrogens (primary N) is 1. The number of benzene rings is 2. The number of carbonyl (C=O) groups is 1. The maximum atomic E-state index is 13.1. The topological polar surface area (TPSA) is 95.1 Å². The van der Waals surface area contributed by atoms with Crippen molar-refractivity contribution in [3.63, 3.8) is 0 Å². The minimum Gasteiger partial charge on any atom is -0.457 e. The van der Waals surface area contributed by atoms with Crippen LogP contribution in [0.2, 0.25) is 0 Å². The largest absolute Gasteiger partial charge is 0.457 e. The predicted octanol–water partition coefficient (Wildman–Crippen LogP) is 4.31. The van der Waals surface area contributed by atoms with Crippen LogP contribution in [0, 0.1) is 5.82 Å². The van der Waals surface area contributed by atoms with Crippen LogP contribution in [-0.4, -0.2) is 26.5 Å². The van der Waals surface area contributed by atoms with Gasteiger partial charge < -0.3 is 20.4 Å². The maximum Gasteiger partial charge on any atom is 0.243 e. The first-order valence-corrected chi connectivity index (χ1v) is 10.2. The molecule has 33 heavy (non-hydrogen) atoms. The van der Waals surface area contributed by atoms with Gasteiger partial charge in [-0.05, 0) is 53.6 Å². The molecule has 7 nitrogen and oxygen atoms in total. The molecule has 3 heterocycles. The van der Waals surface area contributed by atoms with Crippen LogP contribution in [0.3, 0.4) is 0 Å². The second-order valence-corrected chi connectivity index (χ2v) is 7.66. The molecule has 0 saturated carbocycles. The van der Waals surface area contributed by atoms with E-state index in [0.717, 1.165) is 27.8 Å². The molecule has 164 valence electrons. The van der Waals surface area contributed by atoms with E-state index in [1.807, 2.05) is 28.8 Å². The van der Waals surface area contributed by atoms with Crippen molar-refractivity contribution < 1.29 is 13.9 Å². The van der Waals surface area contributed by atoms with Gasteiger partial charge in [0.25, 0.3) is 0 Å². The Labute approximate surface area is 189 Å². The van der Waals surface area contributed by atoms with Gasteiger partial charge in [-0.1, -0.05) is 25.3 Å². The fourth-order valence-electron chi connectivity index (χ4n) is 4.14. The van der Waals surface area contributed by atoms with Gasteiger partial charge in [-0.2, -0.15) is 0 Å². The molecule has 2 aromatic heterocycles. The Kier molecular flexibility index (Phi) is 4.90. The van der Waals surface area contributed by atoms with Crippen molar-refractivity contribution in [1.82, 2.24) is 19.9 Å². The summed E-state index contributed by atoms with van der Waals surface area (Å²) in [7, 11) is 0. The van der Waals surface area contributed by atoms with Crippen molar-refractivity contribution >= 4 is 28.3 Å². The van der Waals surface area contributed by atoms with Gasteiger partial charge in [-0.3, -0.25) is 4.79 Å². The summed E-state index contributed by atoms with van der Waals surface area (Å²) in [6.07, 6.45) is 2.66. The number of rotatable bonds is 5. The average molecular weight is 441 g/mol. The lowest BCUT2D eigenvalue weighted by atomic mass is 9.97. The third-order valence-electron chi connectivity index (χ3n) is 5.65. The normalized spacial score (nSPS) is 14.8. The van der Waals surface area contributed by atoms with Crippen molar-refractivity contribution in [2.75, 3.05) is 5.73 Å². The molecule has 8 heteroatoms. The standard InChI is InChI=1S/C25H20FN5O2/c1-3-20(32)30-19-12-31-23(14(19)2)21(22-24(27)28-13-29-25(22)31)15-4-8-17(9-5-15)33-18-10-6-16(26)7-11-18/h3-11,13,19H,1-2,12H2,(H,30,32)(H2,27,28,29)/t19-/m1/s1. The predicted molar refractivity (Wildman–Crippen MR) is 125 cm³/mol. The monoisotopic (exact) mass is 441 g/mol. The molecule has 4 aromatic rings. The number of nitrogens with one attached hydrogen (secondary N) is 1. The minimum atomic E-state index is -0.324. The number of aromatic nitrogens is 3. The van der Waals surface area contributed by atoms with Crippen LogP contribution in [0.25, 0.3) is 27.7 Å². The molecule has 0 radical (unpaired) electrons. The number of nitrogens with zero attached hydrogens (tertiary/aromatic N) is 3. The Morgan fingerprint density at radius 1 is 1.15 bits per heavy atom. The van der Waals surface area contributed by atoms with Crippen LogP contribution in [0.1, 0.15) is 5.69 Å². The van der Waals surface area contributed by atoms with Crippen LogP contribution < -0.4 is 15.8 Å². The lowest BCUT2D eigenvalue weighted by Gasteiger charge is -2.13. The third-order valence-corrected chi connectivity index (χ3v) is 5.65. The van der Waals surface area contributed by atoms with E-state index in [1.165, 1.54) is 24.5 Å². The number of anilines is 1. The van der Waals surface area contributed by atoms with Crippen LogP contribution in [0.5, 0.6) is 11.5 Å². The van der Waals surface area contributed by atoms with Gasteiger partial charge >= 0.3 is 0 Å². The number of nitrogen functional groups attached to an aromatic ring is 1. The van der Waals surface area contributed by atoms with Crippen LogP contribution in [0.15, 0.2) is 74.1 Å². The molecule has 0 saturated heterocycles. The second-order valence-electron chi connectivity index (χ2n) is 7.66. The zero-order chi connectivity index (χ0) is 23.1. The van der Waals surface area contributed by atoms with E-state index in [-0.39, 0.29) is 17.8 Å². The van der Waals surface area contributed by atoms with Crippen molar-refractivity contribution in [3.05, 3.63) is 85.6 Å². The van der Waals surface area contributed by atoms with Crippen LogP contribution in [0.4, 0.5) is 10.2 Å². The van der Waals surface area contributed by atoms with Crippen LogP contribution in [-0.2, 0) is 11.3 Å². The fraction of sp³-hybridized carbons (Fsp3) is 0.0800. The Bertz CT molecular complexity index is 1410. The Morgan fingerprint density at radius 2 is 1.82 bits per heavy atom.